The monoisotopic (exact) mass is 302 g/mol. The molecule has 0 amide bonds. The molecule has 0 saturated heterocycles. The second-order valence-corrected chi connectivity index (χ2v) is 5.06. The van der Waals surface area contributed by atoms with Crippen molar-refractivity contribution in [3.8, 4) is 5.75 Å². The van der Waals surface area contributed by atoms with Crippen molar-refractivity contribution in [2.24, 2.45) is 0 Å². The maximum Gasteiger partial charge on any atom is 0.133 e. The first kappa shape index (κ1) is 14.5. The van der Waals surface area contributed by atoms with Gasteiger partial charge in [-0.3, -0.25) is 0 Å². The summed E-state index contributed by atoms with van der Waals surface area (Å²) >= 11 is 3.51. The standard InChI is InChI=1S/C13H21BrN2O/c1-11-4-5-13(12(14)10-11)17-9-3-2-7-16-8-6-15/h4-5,10,16H,2-3,6-9,15H2,1H3/p+2. The highest BCUT2D eigenvalue weighted by Gasteiger charge is 2.00. The Labute approximate surface area is 112 Å². The molecule has 17 heavy (non-hydrogen) atoms. The Balaban J connectivity index is 2.14. The quantitative estimate of drug-likeness (QED) is 0.683. The number of benzene rings is 1. The van der Waals surface area contributed by atoms with Crippen LogP contribution < -0.4 is 15.8 Å². The zero-order valence-electron chi connectivity index (χ0n) is 10.5. The van der Waals surface area contributed by atoms with Gasteiger partial charge in [-0.2, -0.15) is 0 Å². The molecule has 0 aliphatic rings. The molecule has 1 rings (SSSR count). The molecule has 0 saturated carbocycles. The number of quaternary nitrogens is 2. The predicted molar refractivity (Wildman–Crippen MR) is 73.0 cm³/mol. The van der Waals surface area contributed by atoms with Gasteiger partial charge in [0.1, 0.15) is 18.8 Å². The molecule has 0 bridgehead atoms. The fourth-order valence-corrected chi connectivity index (χ4v) is 2.19. The summed E-state index contributed by atoms with van der Waals surface area (Å²) in [7, 11) is 0. The number of hydrogen-bond acceptors (Lipinski definition) is 1. The van der Waals surface area contributed by atoms with Gasteiger partial charge in [-0.25, -0.2) is 0 Å². The topological polar surface area (TPSA) is 53.5 Å². The van der Waals surface area contributed by atoms with Gasteiger partial charge in [-0.15, -0.1) is 0 Å². The van der Waals surface area contributed by atoms with Crippen LogP contribution in [-0.4, -0.2) is 26.2 Å². The van der Waals surface area contributed by atoms with Crippen LogP contribution >= 0.6 is 15.9 Å². The lowest BCUT2D eigenvalue weighted by Crippen LogP contribution is -2.88. The van der Waals surface area contributed by atoms with Crippen molar-refractivity contribution < 1.29 is 15.8 Å². The molecule has 0 heterocycles. The number of nitrogens with two attached hydrogens (primary N) is 1. The van der Waals surface area contributed by atoms with Crippen molar-refractivity contribution in [1.29, 1.82) is 0 Å². The highest BCUT2D eigenvalue weighted by atomic mass is 79.9. The number of unbranched alkanes of at least 4 members (excludes halogenated alkanes) is 1. The minimum absolute atomic E-state index is 0.792. The molecule has 3 nitrogen and oxygen atoms in total. The summed E-state index contributed by atoms with van der Waals surface area (Å²) in [5.74, 6) is 0.942. The number of rotatable bonds is 8. The molecular weight excluding hydrogens is 280 g/mol. The summed E-state index contributed by atoms with van der Waals surface area (Å²) in [6.07, 6.45) is 2.30. The van der Waals surface area contributed by atoms with Gasteiger partial charge in [0.15, 0.2) is 0 Å². The zero-order chi connectivity index (χ0) is 12.5. The van der Waals surface area contributed by atoms with Crippen molar-refractivity contribution >= 4 is 15.9 Å². The Kier molecular flexibility index (Phi) is 7.24. The highest BCUT2D eigenvalue weighted by Crippen LogP contribution is 2.25. The predicted octanol–water partition coefficient (Wildman–Crippen LogP) is 0.722. The van der Waals surface area contributed by atoms with Crippen molar-refractivity contribution in [3.63, 3.8) is 0 Å². The molecule has 5 N–H and O–H groups in total. The summed E-state index contributed by atoms with van der Waals surface area (Å²) in [6.45, 7) is 6.18. The first-order valence-corrected chi connectivity index (χ1v) is 7.03. The normalized spacial score (nSPS) is 10.5. The zero-order valence-corrected chi connectivity index (χ0v) is 12.1. The van der Waals surface area contributed by atoms with Crippen LogP contribution in [-0.2, 0) is 0 Å². The number of halogens is 1. The van der Waals surface area contributed by atoms with Crippen LogP contribution in [0.5, 0.6) is 5.75 Å². The van der Waals surface area contributed by atoms with Crippen LogP contribution in [0.2, 0.25) is 0 Å². The summed E-state index contributed by atoms with van der Waals surface area (Å²) in [4.78, 5) is 0. The molecule has 0 radical (unpaired) electrons. The van der Waals surface area contributed by atoms with Gasteiger partial charge >= 0.3 is 0 Å². The molecule has 1 aromatic rings. The highest BCUT2D eigenvalue weighted by molar-refractivity contribution is 9.10. The Morgan fingerprint density at radius 3 is 2.82 bits per heavy atom. The summed E-state index contributed by atoms with van der Waals surface area (Å²) in [5, 5.41) is 2.31. The van der Waals surface area contributed by atoms with Crippen LogP contribution in [0, 0.1) is 6.92 Å². The minimum atomic E-state index is 0.792. The first-order chi connectivity index (χ1) is 8.24. The number of hydrogen-bond donors (Lipinski definition) is 2. The lowest BCUT2D eigenvalue weighted by atomic mass is 10.2. The van der Waals surface area contributed by atoms with Crippen molar-refractivity contribution in [3.05, 3.63) is 28.2 Å². The van der Waals surface area contributed by atoms with Gasteiger partial charge in [0.2, 0.25) is 0 Å². The Bertz CT molecular complexity index is 331. The van der Waals surface area contributed by atoms with Gasteiger partial charge in [0, 0.05) is 0 Å². The molecule has 0 unspecified atom stereocenters. The van der Waals surface area contributed by atoms with Crippen molar-refractivity contribution in [2.45, 2.75) is 19.8 Å². The molecule has 1 aromatic carbocycles. The van der Waals surface area contributed by atoms with Gasteiger partial charge in [-0.1, -0.05) is 6.07 Å². The molecule has 96 valence electrons. The SMILES string of the molecule is Cc1ccc(OCCCC[NH2+]CC[NH3+])c(Br)c1. The van der Waals surface area contributed by atoms with E-state index >= 15 is 0 Å². The average Bonchev–Trinajstić information content (AvgIpc) is 2.30. The molecular formula is C13H23BrN2O+2. The van der Waals surface area contributed by atoms with E-state index in [0.29, 0.717) is 0 Å². The van der Waals surface area contributed by atoms with E-state index in [4.69, 9.17) is 4.74 Å². The largest absolute Gasteiger partial charge is 0.492 e. The van der Waals surface area contributed by atoms with E-state index in [0.717, 1.165) is 36.3 Å². The summed E-state index contributed by atoms with van der Waals surface area (Å²) < 4.78 is 6.77. The molecule has 0 spiro atoms. The second-order valence-electron chi connectivity index (χ2n) is 4.21. The second kappa shape index (κ2) is 8.50. The van der Waals surface area contributed by atoms with Crippen LogP contribution in [0.3, 0.4) is 0 Å². The molecule has 0 atom stereocenters. The third-order valence-electron chi connectivity index (χ3n) is 2.56. The van der Waals surface area contributed by atoms with E-state index in [-0.39, 0.29) is 0 Å². The third-order valence-corrected chi connectivity index (χ3v) is 3.18. The van der Waals surface area contributed by atoms with Crippen molar-refractivity contribution in [1.82, 2.24) is 0 Å². The smallest absolute Gasteiger partial charge is 0.133 e. The fraction of sp³-hybridized carbons (Fsp3) is 0.538. The number of ether oxygens (including phenoxy) is 1. The molecule has 0 aromatic heterocycles. The Hall–Kier alpha value is -0.580. The molecule has 0 aliphatic carbocycles. The molecule has 0 aliphatic heterocycles. The van der Waals surface area contributed by atoms with E-state index < -0.39 is 0 Å². The van der Waals surface area contributed by atoms with E-state index in [1.165, 1.54) is 18.5 Å². The summed E-state index contributed by atoms with van der Waals surface area (Å²) in [6, 6.07) is 6.17. The molecule has 0 fully saturated rings. The van der Waals surface area contributed by atoms with E-state index in [9.17, 15) is 0 Å². The van der Waals surface area contributed by atoms with Gasteiger partial charge in [0.05, 0.1) is 17.6 Å². The van der Waals surface area contributed by atoms with Gasteiger partial charge in [0.25, 0.3) is 0 Å². The van der Waals surface area contributed by atoms with E-state index in [1.807, 2.05) is 6.07 Å². The maximum atomic E-state index is 5.73. The first-order valence-electron chi connectivity index (χ1n) is 6.24. The van der Waals surface area contributed by atoms with Crippen LogP contribution in [0.1, 0.15) is 18.4 Å². The lowest BCUT2D eigenvalue weighted by molar-refractivity contribution is -0.670. The maximum absolute atomic E-state index is 5.73. The number of aryl methyl sites for hydroxylation is 1. The third kappa shape index (κ3) is 6.05. The van der Waals surface area contributed by atoms with Crippen LogP contribution in [0.25, 0.3) is 0 Å². The minimum Gasteiger partial charge on any atom is -0.492 e. The Morgan fingerprint density at radius 2 is 2.12 bits per heavy atom. The van der Waals surface area contributed by atoms with Crippen LogP contribution in [0.15, 0.2) is 22.7 Å². The van der Waals surface area contributed by atoms with Gasteiger partial charge < -0.3 is 15.8 Å². The Morgan fingerprint density at radius 1 is 1.29 bits per heavy atom. The van der Waals surface area contributed by atoms with Gasteiger partial charge in [-0.05, 0) is 53.4 Å². The fourth-order valence-electron chi connectivity index (χ4n) is 1.58. The lowest BCUT2D eigenvalue weighted by Gasteiger charge is -2.08. The average molecular weight is 303 g/mol. The van der Waals surface area contributed by atoms with Crippen molar-refractivity contribution in [2.75, 3.05) is 26.2 Å². The van der Waals surface area contributed by atoms with Crippen LogP contribution in [0.4, 0.5) is 0 Å². The molecule has 4 heteroatoms. The summed E-state index contributed by atoms with van der Waals surface area (Å²) in [5.41, 5.74) is 5.06. The van der Waals surface area contributed by atoms with E-state index in [2.05, 4.69) is 46.0 Å². The van der Waals surface area contributed by atoms with E-state index in [1.54, 1.807) is 0 Å².